The Balaban J connectivity index is 2.50. The molecule has 1 heterocycles. The number of amides is 1. The summed E-state index contributed by atoms with van der Waals surface area (Å²) < 4.78 is 0. The zero-order valence-corrected chi connectivity index (χ0v) is 12.1. The number of aliphatic hydroxyl groups excluding tert-OH is 2. The topological polar surface area (TPSA) is 104 Å². The van der Waals surface area contributed by atoms with Crippen LogP contribution in [-0.2, 0) is 4.79 Å². The fourth-order valence-corrected chi connectivity index (χ4v) is 2.92. The van der Waals surface area contributed by atoms with Crippen LogP contribution in [0.1, 0.15) is 37.0 Å². The van der Waals surface area contributed by atoms with Gasteiger partial charge in [-0.1, -0.05) is 12.1 Å². The molecule has 1 aromatic rings. The van der Waals surface area contributed by atoms with Crippen LogP contribution in [0.5, 0.6) is 0 Å². The number of hydrogen-bond donors (Lipinski definition) is 3. The summed E-state index contributed by atoms with van der Waals surface area (Å²) in [7, 11) is 0. The normalized spacial score (nSPS) is 20.1. The molecule has 1 aromatic carbocycles. The first kappa shape index (κ1) is 15.6. The molecule has 0 bridgehead atoms. The number of anilines is 1. The number of hydrogen-bond acceptors (Lipinski definition) is 5. The number of benzene rings is 1. The van der Waals surface area contributed by atoms with Gasteiger partial charge in [0.05, 0.1) is 23.5 Å². The number of rotatable bonds is 5. The summed E-state index contributed by atoms with van der Waals surface area (Å²) in [6.45, 7) is 3.11. The van der Waals surface area contributed by atoms with Crippen LogP contribution in [0.15, 0.2) is 24.3 Å². The predicted octanol–water partition coefficient (Wildman–Crippen LogP) is 0.413. The van der Waals surface area contributed by atoms with Crippen molar-refractivity contribution < 1.29 is 19.8 Å². The van der Waals surface area contributed by atoms with Gasteiger partial charge < -0.3 is 15.9 Å². The smallest absolute Gasteiger partial charge is 0.301 e. The third-order valence-electron chi connectivity index (χ3n) is 3.53. The van der Waals surface area contributed by atoms with Crippen LogP contribution < -0.4 is 10.6 Å². The van der Waals surface area contributed by atoms with Crippen molar-refractivity contribution in [2.24, 2.45) is 5.73 Å². The lowest BCUT2D eigenvalue weighted by atomic mass is 9.94. The molecule has 0 aromatic heterocycles. The number of carbonyl (C=O) groups is 2. The Morgan fingerprint density at radius 1 is 1.14 bits per heavy atom. The van der Waals surface area contributed by atoms with E-state index in [1.54, 1.807) is 38.1 Å². The van der Waals surface area contributed by atoms with Crippen molar-refractivity contribution in [3.05, 3.63) is 29.8 Å². The first-order valence-corrected chi connectivity index (χ1v) is 6.89. The number of nitrogens with zero attached hydrogens (tertiary/aromatic N) is 1. The lowest BCUT2D eigenvalue weighted by Crippen LogP contribution is -2.61. The highest BCUT2D eigenvalue weighted by Gasteiger charge is 2.47. The monoisotopic (exact) mass is 292 g/mol. The fourth-order valence-electron chi connectivity index (χ4n) is 2.92. The van der Waals surface area contributed by atoms with Gasteiger partial charge in [0.2, 0.25) is 0 Å². The van der Waals surface area contributed by atoms with Crippen LogP contribution in [0.25, 0.3) is 0 Å². The highest BCUT2D eigenvalue weighted by Crippen LogP contribution is 2.36. The van der Waals surface area contributed by atoms with Gasteiger partial charge >= 0.3 is 5.91 Å². The first-order chi connectivity index (χ1) is 9.76. The molecule has 1 amide bonds. The minimum Gasteiger partial charge on any atom is -0.393 e. The van der Waals surface area contributed by atoms with E-state index in [0.717, 1.165) is 0 Å². The van der Waals surface area contributed by atoms with Crippen molar-refractivity contribution in [1.82, 2.24) is 0 Å². The first-order valence-electron chi connectivity index (χ1n) is 6.89. The third-order valence-corrected chi connectivity index (χ3v) is 3.53. The Morgan fingerprint density at radius 3 is 2.19 bits per heavy atom. The molecule has 1 aliphatic rings. The zero-order chi connectivity index (χ0) is 15.8. The maximum Gasteiger partial charge on any atom is 0.301 e. The number of carbonyl (C=O) groups excluding carboxylic acids is 2. The lowest BCUT2D eigenvalue weighted by Gasteiger charge is -2.40. The van der Waals surface area contributed by atoms with Crippen molar-refractivity contribution in [1.29, 1.82) is 0 Å². The van der Waals surface area contributed by atoms with Gasteiger partial charge in [0.15, 0.2) is 0 Å². The van der Waals surface area contributed by atoms with Gasteiger partial charge in [0, 0.05) is 12.8 Å². The molecular formula is C15H20N2O4. The van der Waals surface area contributed by atoms with E-state index in [-0.39, 0.29) is 12.8 Å². The highest BCUT2D eigenvalue weighted by molar-refractivity contribution is 6.52. The molecule has 2 unspecified atom stereocenters. The van der Waals surface area contributed by atoms with Gasteiger partial charge in [0.25, 0.3) is 5.78 Å². The molecular weight excluding hydrogens is 272 g/mol. The van der Waals surface area contributed by atoms with Crippen LogP contribution in [0.3, 0.4) is 0 Å². The van der Waals surface area contributed by atoms with Crippen LogP contribution >= 0.6 is 0 Å². The SMILES string of the molecule is CC(O)CC(N)(CC(C)O)N1C(=O)C(=O)c2ccccc21. The maximum atomic E-state index is 12.3. The summed E-state index contributed by atoms with van der Waals surface area (Å²) in [5.74, 6) is -1.34. The maximum absolute atomic E-state index is 12.3. The standard InChI is InChI=1S/C15H20N2O4/c1-9(18)7-15(16,8-10(2)19)17-12-6-4-3-5-11(12)13(20)14(17)21/h3-6,9-10,18-19H,7-8,16H2,1-2H3. The Morgan fingerprint density at radius 2 is 1.67 bits per heavy atom. The van der Waals surface area contributed by atoms with E-state index in [4.69, 9.17) is 5.73 Å². The molecule has 2 rings (SSSR count). The van der Waals surface area contributed by atoms with Crippen molar-refractivity contribution in [3.63, 3.8) is 0 Å². The van der Waals surface area contributed by atoms with Crippen LogP contribution in [0.4, 0.5) is 5.69 Å². The zero-order valence-electron chi connectivity index (χ0n) is 12.1. The van der Waals surface area contributed by atoms with E-state index < -0.39 is 29.6 Å². The minimum atomic E-state index is -1.32. The van der Waals surface area contributed by atoms with Gasteiger partial charge in [-0.25, -0.2) is 0 Å². The Bertz CT molecular complexity index is 559. The molecule has 114 valence electrons. The van der Waals surface area contributed by atoms with E-state index >= 15 is 0 Å². The van der Waals surface area contributed by atoms with Crippen molar-refractivity contribution in [2.45, 2.75) is 44.6 Å². The summed E-state index contributed by atoms with van der Waals surface area (Å²) in [6.07, 6.45) is -1.43. The molecule has 6 nitrogen and oxygen atoms in total. The molecule has 0 fully saturated rings. The van der Waals surface area contributed by atoms with Gasteiger partial charge in [-0.15, -0.1) is 0 Å². The molecule has 21 heavy (non-hydrogen) atoms. The van der Waals surface area contributed by atoms with Crippen molar-refractivity contribution in [3.8, 4) is 0 Å². The molecule has 0 saturated carbocycles. The fraction of sp³-hybridized carbons (Fsp3) is 0.467. The molecule has 6 heteroatoms. The van der Waals surface area contributed by atoms with E-state index in [9.17, 15) is 19.8 Å². The Labute approximate surface area is 123 Å². The van der Waals surface area contributed by atoms with Crippen LogP contribution in [0, 0.1) is 0 Å². The van der Waals surface area contributed by atoms with Gasteiger partial charge in [-0.05, 0) is 26.0 Å². The minimum absolute atomic E-state index is 0.0608. The summed E-state index contributed by atoms with van der Waals surface area (Å²) in [5.41, 5.74) is 5.71. The Kier molecular flexibility index (Phi) is 4.13. The molecule has 0 aliphatic carbocycles. The van der Waals surface area contributed by atoms with Crippen LogP contribution in [0.2, 0.25) is 0 Å². The summed E-state index contributed by atoms with van der Waals surface area (Å²) in [6, 6.07) is 6.60. The number of aliphatic hydroxyl groups is 2. The van der Waals surface area contributed by atoms with E-state index in [2.05, 4.69) is 0 Å². The third kappa shape index (κ3) is 2.83. The number of Topliss-reactive ketones (excluding diaryl/α,β-unsaturated/α-hetero) is 1. The van der Waals surface area contributed by atoms with Gasteiger partial charge in [-0.2, -0.15) is 0 Å². The molecule has 0 spiro atoms. The van der Waals surface area contributed by atoms with Crippen molar-refractivity contribution >= 4 is 17.4 Å². The number of nitrogens with two attached hydrogens (primary N) is 1. The highest BCUT2D eigenvalue weighted by atomic mass is 16.3. The average molecular weight is 292 g/mol. The largest absolute Gasteiger partial charge is 0.393 e. The number of fused-ring (bicyclic) bond motifs is 1. The van der Waals surface area contributed by atoms with Crippen molar-refractivity contribution in [2.75, 3.05) is 4.90 Å². The summed E-state index contributed by atoms with van der Waals surface area (Å²) in [4.78, 5) is 25.6. The van der Waals surface area contributed by atoms with E-state index in [0.29, 0.717) is 11.3 Å². The Hall–Kier alpha value is -1.76. The molecule has 2 atom stereocenters. The van der Waals surface area contributed by atoms with E-state index in [1.807, 2.05) is 0 Å². The average Bonchev–Trinajstić information content (AvgIpc) is 2.61. The predicted molar refractivity (Wildman–Crippen MR) is 77.8 cm³/mol. The second-order valence-corrected chi connectivity index (χ2v) is 5.70. The molecule has 0 saturated heterocycles. The summed E-state index contributed by atoms with van der Waals surface area (Å²) in [5, 5.41) is 19.4. The second kappa shape index (κ2) is 5.55. The molecule has 1 aliphatic heterocycles. The molecule has 4 N–H and O–H groups in total. The van der Waals surface area contributed by atoms with Gasteiger partial charge in [-0.3, -0.25) is 14.5 Å². The van der Waals surface area contributed by atoms with Crippen LogP contribution in [-0.4, -0.2) is 39.8 Å². The van der Waals surface area contributed by atoms with E-state index in [1.165, 1.54) is 4.90 Å². The number of ketones is 1. The summed E-state index contributed by atoms with van der Waals surface area (Å²) >= 11 is 0. The lowest BCUT2D eigenvalue weighted by molar-refractivity contribution is -0.115. The second-order valence-electron chi connectivity index (χ2n) is 5.70. The number of para-hydroxylation sites is 1. The van der Waals surface area contributed by atoms with Gasteiger partial charge in [0.1, 0.15) is 5.66 Å². The molecule has 0 radical (unpaired) electrons. The quantitative estimate of drug-likeness (QED) is 0.682.